The molecule has 0 aliphatic heterocycles. The Hall–Kier alpha value is -2.50. The predicted octanol–water partition coefficient (Wildman–Crippen LogP) is 4.25. The van der Waals surface area contributed by atoms with Crippen LogP contribution in [0.15, 0.2) is 54.9 Å². The van der Waals surface area contributed by atoms with Crippen LogP contribution in [0.3, 0.4) is 0 Å². The Bertz CT molecular complexity index is 903. The van der Waals surface area contributed by atoms with Crippen LogP contribution < -0.4 is 10.1 Å². The van der Waals surface area contributed by atoms with Gasteiger partial charge in [0.1, 0.15) is 11.9 Å². The van der Waals surface area contributed by atoms with Gasteiger partial charge in [-0.25, -0.2) is 4.98 Å². The zero-order valence-electron chi connectivity index (χ0n) is 14.2. The van der Waals surface area contributed by atoms with Crippen LogP contribution in [0.4, 0.5) is 0 Å². The number of amides is 1. The van der Waals surface area contributed by atoms with Crippen molar-refractivity contribution in [3.8, 4) is 5.75 Å². The lowest BCUT2D eigenvalue weighted by Crippen LogP contribution is -2.31. The van der Waals surface area contributed by atoms with Gasteiger partial charge in [-0.05, 0) is 17.7 Å². The van der Waals surface area contributed by atoms with Crippen LogP contribution in [0.2, 0.25) is 10.0 Å². The van der Waals surface area contributed by atoms with E-state index < -0.39 is 6.04 Å². The number of rotatable bonds is 5. The van der Waals surface area contributed by atoms with Crippen molar-refractivity contribution in [1.82, 2.24) is 14.9 Å². The molecule has 1 aromatic heterocycles. The quantitative estimate of drug-likeness (QED) is 0.709. The smallest absolute Gasteiger partial charge is 0.252 e. The summed E-state index contributed by atoms with van der Waals surface area (Å²) in [5.74, 6) is 0.747. The number of nitrogens with zero attached hydrogens (tertiary/aromatic N) is 2. The van der Waals surface area contributed by atoms with E-state index in [1.165, 1.54) is 19.2 Å². The number of hydrogen-bond acceptors (Lipinski definition) is 3. The minimum absolute atomic E-state index is 0.276. The Balaban J connectivity index is 1.95. The number of carbonyl (C=O) groups excluding carboxylic acids is 1. The zero-order valence-corrected chi connectivity index (χ0v) is 15.8. The van der Waals surface area contributed by atoms with Crippen molar-refractivity contribution < 1.29 is 9.53 Å². The lowest BCUT2D eigenvalue weighted by molar-refractivity contribution is 0.0941. The van der Waals surface area contributed by atoms with E-state index in [0.717, 1.165) is 11.4 Å². The summed E-state index contributed by atoms with van der Waals surface area (Å²) in [5, 5.41) is 3.56. The third-order valence-electron chi connectivity index (χ3n) is 3.99. The van der Waals surface area contributed by atoms with Gasteiger partial charge in [0.15, 0.2) is 5.75 Å². The molecule has 0 aliphatic carbocycles. The fraction of sp³-hybridized carbons (Fsp3) is 0.158. The fourth-order valence-corrected chi connectivity index (χ4v) is 3.34. The molecular weight excluding hydrogens is 373 g/mol. The van der Waals surface area contributed by atoms with Gasteiger partial charge in [0.2, 0.25) is 0 Å². The van der Waals surface area contributed by atoms with Gasteiger partial charge in [-0.15, -0.1) is 0 Å². The van der Waals surface area contributed by atoms with Gasteiger partial charge in [0.05, 0.1) is 17.2 Å². The highest BCUT2D eigenvalue weighted by Gasteiger charge is 2.22. The van der Waals surface area contributed by atoms with Crippen molar-refractivity contribution in [1.29, 1.82) is 0 Å². The second-order valence-corrected chi connectivity index (χ2v) is 6.50. The van der Waals surface area contributed by atoms with Gasteiger partial charge in [-0.1, -0.05) is 53.5 Å². The second-order valence-electron chi connectivity index (χ2n) is 5.69. The van der Waals surface area contributed by atoms with Crippen LogP contribution in [-0.4, -0.2) is 22.6 Å². The molecule has 5 nitrogen and oxygen atoms in total. The lowest BCUT2D eigenvalue weighted by Gasteiger charge is -2.19. The number of aryl methyl sites for hydroxylation is 1. The molecule has 134 valence electrons. The van der Waals surface area contributed by atoms with Gasteiger partial charge < -0.3 is 14.6 Å². The van der Waals surface area contributed by atoms with Crippen LogP contribution >= 0.6 is 23.2 Å². The zero-order chi connectivity index (χ0) is 18.7. The van der Waals surface area contributed by atoms with Crippen molar-refractivity contribution in [2.45, 2.75) is 6.04 Å². The summed E-state index contributed by atoms with van der Waals surface area (Å²) in [6.45, 7) is 0. The van der Waals surface area contributed by atoms with Crippen LogP contribution in [0.5, 0.6) is 5.75 Å². The maximum Gasteiger partial charge on any atom is 0.252 e. The van der Waals surface area contributed by atoms with Gasteiger partial charge in [0, 0.05) is 25.0 Å². The van der Waals surface area contributed by atoms with Gasteiger partial charge in [0.25, 0.3) is 5.91 Å². The van der Waals surface area contributed by atoms with E-state index in [1.807, 2.05) is 48.1 Å². The molecule has 3 rings (SSSR count). The highest BCUT2D eigenvalue weighted by Crippen LogP contribution is 2.34. The normalized spacial score (nSPS) is 11.8. The maximum atomic E-state index is 12.8. The molecule has 0 aliphatic rings. The number of benzene rings is 2. The summed E-state index contributed by atoms with van der Waals surface area (Å²) < 4.78 is 6.99. The monoisotopic (exact) mass is 389 g/mol. The van der Waals surface area contributed by atoms with Crippen molar-refractivity contribution in [3.63, 3.8) is 0 Å². The molecule has 7 heteroatoms. The molecule has 1 amide bonds. The average molecular weight is 390 g/mol. The highest BCUT2D eigenvalue weighted by atomic mass is 35.5. The number of aromatic nitrogens is 2. The van der Waals surface area contributed by atoms with E-state index in [1.54, 1.807) is 6.20 Å². The predicted molar refractivity (Wildman–Crippen MR) is 102 cm³/mol. The molecule has 0 fully saturated rings. The van der Waals surface area contributed by atoms with Crippen molar-refractivity contribution in [3.05, 3.63) is 81.9 Å². The lowest BCUT2D eigenvalue weighted by atomic mass is 10.1. The van der Waals surface area contributed by atoms with E-state index in [0.29, 0.717) is 11.3 Å². The first-order chi connectivity index (χ1) is 12.5. The summed E-state index contributed by atoms with van der Waals surface area (Å²) in [6.07, 6.45) is 3.52. The Kier molecular flexibility index (Phi) is 5.49. The third kappa shape index (κ3) is 3.69. The molecule has 1 N–H and O–H groups in total. The summed E-state index contributed by atoms with van der Waals surface area (Å²) in [4.78, 5) is 17.2. The Morgan fingerprint density at radius 1 is 1.19 bits per heavy atom. The summed E-state index contributed by atoms with van der Waals surface area (Å²) in [6, 6.07) is 12.3. The molecule has 0 saturated carbocycles. The number of imidazole rings is 1. The van der Waals surface area contributed by atoms with E-state index in [-0.39, 0.29) is 16.0 Å². The molecule has 0 saturated heterocycles. The Morgan fingerprint density at radius 3 is 2.38 bits per heavy atom. The molecule has 1 atom stereocenters. The molecule has 1 heterocycles. The summed E-state index contributed by atoms with van der Waals surface area (Å²) >= 11 is 12.3. The van der Waals surface area contributed by atoms with Crippen LogP contribution in [0.25, 0.3) is 0 Å². The molecule has 0 unspecified atom stereocenters. The maximum absolute atomic E-state index is 12.8. The number of hydrogen-bond donors (Lipinski definition) is 1. The molecule has 26 heavy (non-hydrogen) atoms. The minimum atomic E-state index is -0.414. The number of methoxy groups -OCH3 is 1. The topological polar surface area (TPSA) is 56.1 Å². The SMILES string of the molecule is COc1c(Cl)cc(C(=O)N[C@@H](c2ccccc2)c2nccn2C)cc1Cl. The fourth-order valence-electron chi connectivity index (χ4n) is 2.70. The highest BCUT2D eigenvalue weighted by molar-refractivity contribution is 6.37. The van der Waals surface area contributed by atoms with Gasteiger partial charge >= 0.3 is 0 Å². The van der Waals surface area contributed by atoms with Crippen LogP contribution in [-0.2, 0) is 7.05 Å². The van der Waals surface area contributed by atoms with E-state index >= 15 is 0 Å². The first-order valence-corrected chi connectivity index (χ1v) is 8.63. The number of halogens is 2. The summed E-state index contributed by atoms with van der Waals surface area (Å²) in [5.41, 5.74) is 1.26. The van der Waals surface area contributed by atoms with E-state index in [2.05, 4.69) is 10.3 Å². The van der Waals surface area contributed by atoms with E-state index in [4.69, 9.17) is 27.9 Å². The molecule has 0 radical (unpaired) electrons. The first-order valence-electron chi connectivity index (χ1n) is 7.87. The van der Waals surface area contributed by atoms with Crippen molar-refractivity contribution >= 4 is 29.1 Å². The molecular formula is C19H17Cl2N3O2. The Morgan fingerprint density at radius 2 is 1.85 bits per heavy atom. The van der Waals surface area contributed by atoms with E-state index in [9.17, 15) is 4.79 Å². The summed E-state index contributed by atoms with van der Waals surface area (Å²) in [7, 11) is 3.35. The standard InChI is InChI=1S/C19H17Cl2N3O2/c1-24-9-8-22-18(24)16(12-6-4-3-5-7-12)23-19(25)13-10-14(20)17(26-2)15(21)11-13/h3-11,16H,1-2H3,(H,23,25)/t16-/m0/s1. The van der Waals surface area contributed by atoms with Gasteiger partial charge in [-0.3, -0.25) is 4.79 Å². The molecule has 3 aromatic rings. The second kappa shape index (κ2) is 7.81. The molecule has 0 spiro atoms. The van der Waals surface area contributed by atoms with Crippen LogP contribution in [0.1, 0.15) is 27.8 Å². The number of carbonyl (C=O) groups is 1. The van der Waals surface area contributed by atoms with Gasteiger partial charge in [-0.2, -0.15) is 0 Å². The largest absolute Gasteiger partial charge is 0.494 e. The molecule has 2 aromatic carbocycles. The van der Waals surface area contributed by atoms with Crippen LogP contribution in [0, 0.1) is 0 Å². The Labute approximate surface area is 161 Å². The third-order valence-corrected chi connectivity index (χ3v) is 4.55. The minimum Gasteiger partial charge on any atom is -0.494 e. The average Bonchev–Trinajstić information content (AvgIpc) is 3.05. The van der Waals surface area contributed by atoms with Crippen molar-refractivity contribution in [2.75, 3.05) is 7.11 Å². The molecule has 0 bridgehead atoms. The first kappa shape index (κ1) is 18.3. The number of nitrogens with one attached hydrogen (secondary N) is 1. The van der Waals surface area contributed by atoms with Crippen molar-refractivity contribution in [2.24, 2.45) is 7.05 Å². The number of ether oxygens (including phenoxy) is 1.